The summed E-state index contributed by atoms with van der Waals surface area (Å²) in [7, 11) is 2.04. The highest BCUT2D eigenvalue weighted by Crippen LogP contribution is 2.32. The van der Waals surface area contributed by atoms with E-state index in [4.69, 9.17) is 0 Å². The lowest BCUT2D eigenvalue weighted by molar-refractivity contribution is 0.409. The Morgan fingerprint density at radius 1 is 1.57 bits per heavy atom. The van der Waals surface area contributed by atoms with Crippen molar-refractivity contribution in [3.05, 3.63) is 16.6 Å². The molecule has 0 saturated heterocycles. The first-order valence-corrected chi connectivity index (χ1v) is 6.40. The van der Waals surface area contributed by atoms with E-state index in [0.717, 1.165) is 5.92 Å². The predicted octanol–water partition coefficient (Wildman–Crippen LogP) is 2.98. The second kappa shape index (κ2) is 4.89. The maximum atomic E-state index is 4.39. The molecule has 1 aromatic heterocycles. The summed E-state index contributed by atoms with van der Waals surface area (Å²) in [5.74, 6) is 0.925. The van der Waals surface area contributed by atoms with Gasteiger partial charge >= 0.3 is 0 Å². The Morgan fingerprint density at radius 2 is 2.36 bits per heavy atom. The van der Waals surface area contributed by atoms with Crippen LogP contribution in [0.4, 0.5) is 0 Å². The third-order valence-electron chi connectivity index (χ3n) is 3.20. The van der Waals surface area contributed by atoms with Crippen LogP contribution in [-0.2, 0) is 0 Å². The number of hydrogen-bond acceptors (Lipinski definition) is 3. The zero-order valence-corrected chi connectivity index (χ0v) is 9.52. The van der Waals surface area contributed by atoms with E-state index in [0.29, 0.717) is 6.04 Å². The fraction of sp³-hybridized carbons (Fsp3) is 0.727. The van der Waals surface area contributed by atoms with E-state index >= 15 is 0 Å². The average molecular weight is 210 g/mol. The molecule has 2 nitrogen and oxygen atoms in total. The summed E-state index contributed by atoms with van der Waals surface area (Å²) >= 11 is 1.69. The van der Waals surface area contributed by atoms with E-state index in [-0.39, 0.29) is 0 Å². The standard InChI is InChI=1S/C11H18N2S/c1-12-10(11-7-14-8-13-11)6-9-4-2-3-5-9/h7-10,12H,2-6H2,1H3. The minimum absolute atomic E-state index is 0.476. The second-order valence-electron chi connectivity index (χ2n) is 4.14. The van der Waals surface area contributed by atoms with Crippen LogP contribution in [0.15, 0.2) is 10.9 Å². The van der Waals surface area contributed by atoms with Crippen molar-refractivity contribution in [2.45, 2.75) is 38.1 Å². The summed E-state index contributed by atoms with van der Waals surface area (Å²) in [6.45, 7) is 0. The number of nitrogens with zero attached hydrogens (tertiary/aromatic N) is 1. The lowest BCUT2D eigenvalue weighted by Crippen LogP contribution is -2.19. The van der Waals surface area contributed by atoms with Gasteiger partial charge in [-0.15, -0.1) is 11.3 Å². The molecule has 1 aliphatic rings. The van der Waals surface area contributed by atoms with E-state index in [2.05, 4.69) is 15.7 Å². The Kier molecular flexibility index (Phi) is 3.54. The molecule has 1 heterocycles. The molecule has 0 bridgehead atoms. The van der Waals surface area contributed by atoms with Gasteiger partial charge in [0.05, 0.1) is 17.2 Å². The van der Waals surface area contributed by atoms with E-state index in [1.54, 1.807) is 11.3 Å². The Hall–Kier alpha value is -0.410. The maximum absolute atomic E-state index is 4.39. The van der Waals surface area contributed by atoms with Crippen molar-refractivity contribution in [2.75, 3.05) is 7.05 Å². The fourth-order valence-electron chi connectivity index (χ4n) is 2.36. The van der Waals surface area contributed by atoms with Crippen molar-refractivity contribution in [3.8, 4) is 0 Å². The summed E-state index contributed by atoms with van der Waals surface area (Å²) in [6.07, 6.45) is 6.96. The van der Waals surface area contributed by atoms with E-state index < -0.39 is 0 Å². The van der Waals surface area contributed by atoms with Gasteiger partial charge in [-0.3, -0.25) is 0 Å². The molecule has 0 amide bonds. The van der Waals surface area contributed by atoms with Crippen molar-refractivity contribution < 1.29 is 0 Å². The Morgan fingerprint density at radius 3 is 2.93 bits per heavy atom. The van der Waals surface area contributed by atoms with Crippen molar-refractivity contribution in [1.29, 1.82) is 0 Å². The fourth-order valence-corrected chi connectivity index (χ4v) is 2.97. The van der Waals surface area contributed by atoms with Gasteiger partial charge in [-0.25, -0.2) is 4.98 Å². The third kappa shape index (κ3) is 2.34. The van der Waals surface area contributed by atoms with Crippen molar-refractivity contribution in [2.24, 2.45) is 5.92 Å². The van der Waals surface area contributed by atoms with Crippen LogP contribution in [0.3, 0.4) is 0 Å². The Labute approximate surface area is 89.8 Å². The Balaban J connectivity index is 1.93. The SMILES string of the molecule is CNC(CC1CCCC1)c1cscn1. The first-order chi connectivity index (χ1) is 6.90. The number of rotatable bonds is 4. The molecule has 0 aliphatic heterocycles. The lowest BCUT2D eigenvalue weighted by Gasteiger charge is -2.17. The molecule has 2 rings (SSSR count). The van der Waals surface area contributed by atoms with Crippen LogP contribution in [0.25, 0.3) is 0 Å². The summed E-state index contributed by atoms with van der Waals surface area (Å²) in [4.78, 5) is 4.39. The summed E-state index contributed by atoms with van der Waals surface area (Å²) in [5.41, 5.74) is 3.15. The molecule has 1 atom stereocenters. The van der Waals surface area contributed by atoms with Gasteiger partial charge in [0.2, 0.25) is 0 Å². The third-order valence-corrected chi connectivity index (χ3v) is 3.81. The zero-order valence-electron chi connectivity index (χ0n) is 8.70. The normalized spacial score (nSPS) is 20.1. The highest BCUT2D eigenvalue weighted by molar-refractivity contribution is 7.07. The average Bonchev–Trinajstić information content (AvgIpc) is 2.86. The van der Waals surface area contributed by atoms with Gasteiger partial charge in [-0.1, -0.05) is 25.7 Å². The van der Waals surface area contributed by atoms with Crippen LogP contribution in [-0.4, -0.2) is 12.0 Å². The molecule has 0 radical (unpaired) electrons. The smallest absolute Gasteiger partial charge is 0.0795 e. The molecule has 1 unspecified atom stereocenters. The van der Waals surface area contributed by atoms with Crippen LogP contribution in [0.2, 0.25) is 0 Å². The molecule has 1 aromatic rings. The van der Waals surface area contributed by atoms with Gasteiger partial charge in [-0.2, -0.15) is 0 Å². The van der Waals surface area contributed by atoms with Gasteiger partial charge in [0.25, 0.3) is 0 Å². The van der Waals surface area contributed by atoms with Crippen LogP contribution < -0.4 is 5.32 Å². The van der Waals surface area contributed by atoms with Crippen LogP contribution in [0.1, 0.15) is 43.8 Å². The van der Waals surface area contributed by atoms with Gasteiger partial charge in [0.1, 0.15) is 0 Å². The Bertz CT molecular complexity index is 252. The summed E-state index contributed by atoms with van der Waals surface area (Å²) < 4.78 is 0. The maximum Gasteiger partial charge on any atom is 0.0795 e. The quantitative estimate of drug-likeness (QED) is 0.826. The summed E-state index contributed by atoms with van der Waals surface area (Å²) in [5, 5.41) is 5.54. The molecule has 1 fully saturated rings. The number of hydrogen-bond donors (Lipinski definition) is 1. The topological polar surface area (TPSA) is 24.9 Å². The number of thiazole rings is 1. The monoisotopic (exact) mass is 210 g/mol. The number of nitrogens with one attached hydrogen (secondary N) is 1. The number of aromatic nitrogens is 1. The molecule has 1 aliphatic carbocycles. The molecule has 0 aromatic carbocycles. The van der Waals surface area contributed by atoms with Crippen LogP contribution in [0, 0.1) is 5.92 Å². The summed E-state index contributed by atoms with van der Waals surface area (Å²) in [6, 6.07) is 0.476. The van der Waals surface area contributed by atoms with Gasteiger partial charge in [-0.05, 0) is 19.4 Å². The van der Waals surface area contributed by atoms with Gasteiger partial charge in [0.15, 0.2) is 0 Å². The molecule has 78 valence electrons. The van der Waals surface area contributed by atoms with E-state index in [9.17, 15) is 0 Å². The van der Waals surface area contributed by atoms with Crippen LogP contribution in [0.5, 0.6) is 0 Å². The molecular formula is C11H18N2S. The molecule has 14 heavy (non-hydrogen) atoms. The van der Waals surface area contributed by atoms with E-state index in [1.807, 2.05) is 12.6 Å². The van der Waals surface area contributed by atoms with Gasteiger partial charge < -0.3 is 5.32 Å². The zero-order chi connectivity index (χ0) is 9.80. The first-order valence-electron chi connectivity index (χ1n) is 5.45. The molecule has 1 N–H and O–H groups in total. The first kappa shape index (κ1) is 10.1. The molecule has 1 saturated carbocycles. The molecule has 3 heteroatoms. The minimum atomic E-state index is 0.476. The van der Waals surface area contributed by atoms with Crippen molar-refractivity contribution >= 4 is 11.3 Å². The largest absolute Gasteiger partial charge is 0.312 e. The van der Waals surface area contributed by atoms with Crippen molar-refractivity contribution in [3.63, 3.8) is 0 Å². The van der Waals surface area contributed by atoms with E-state index in [1.165, 1.54) is 37.8 Å². The van der Waals surface area contributed by atoms with Crippen molar-refractivity contribution in [1.82, 2.24) is 10.3 Å². The highest BCUT2D eigenvalue weighted by atomic mass is 32.1. The van der Waals surface area contributed by atoms with Gasteiger partial charge in [0, 0.05) is 5.38 Å². The lowest BCUT2D eigenvalue weighted by atomic mass is 9.97. The predicted molar refractivity (Wildman–Crippen MR) is 60.5 cm³/mol. The molecular weight excluding hydrogens is 192 g/mol. The van der Waals surface area contributed by atoms with Crippen LogP contribution >= 0.6 is 11.3 Å². The highest BCUT2D eigenvalue weighted by Gasteiger charge is 2.20. The molecule has 0 spiro atoms. The second-order valence-corrected chi connectivity index (χ2v) is 4.86. The minimum Gasteiger partial charge on any atom is -0.312 e.